The molecule has 0 unspecified atom stereocenters. The van der Waals surface area contributed by atoms with Crippen LogP contribution in [-0.2, 0) is 4.79 Å². The van der Waals surface area contributed by atoms with E-state index in [1.54, 1.807) is 6.92 Å². The van der Waals surface area contributed by atoms with E-state index in [1.165, 1.54) is 0 Å². The van der Waals surface area contributed by atoms with Gasteiger partial charge in [-0.3, -0.25) is 4.79 Å². The molecule has 0 aliphatic heterocycles. The van der Waals surface area contributed by atoms with E-state index in [4.69, 9.17) is 10.8 Å². The Bertz CT molecular complexity index is 387. The number of aryl methyl sites for hydroxylation is 1. The van der Waals surface area contributed by atoms with Gasteiger partial charge in [0.2, 0.25) is 11.9 Å². The number of carbonyl (C=O) groups is 1. The van der Waals surface area contributed by atoms with Crippen LogP contribution in [0.25, 0.3) is 0 Å². The van der Waals surface area contributed by atoms with Crippen molar-refractivity contribution in [2.45, 2.75) is 41.0 Å². The molecule has 0 spiro atoms. The summed E-state index contributed by atoms with van der Waals surface area (Å²) in [6.45, 7) is 11.1. The highest BCUT2D eigenvalue weighted by atomic mass is 16.4. The van der Waals surface area contributed by atoms with E-state index in [2.05, 4.69) is 25.6 Å². The Morgan fingerprint density at radius 2 is 1.52 bits per heavy atom. The zero-order valence-corrected chi connectivity index (χ0v) is 13.6. The molecule has 21 heavy (non-hydrogen) atoms. The SMILES string of the molecule is CC.CC.Cc1nc(NCCN)nc(NCCC(=O)O)n1. The van der Waals surface area contributed by atoms with E-state index >= 15 is 0 Å². The van der Waals surface area contributed by atoms with Crippen LogP contribution < -0.4 is 16.4 Å². The Labute approximate surface area is 126 Å². The standard InChI is InChI=1S/C9H16N6O2.2C2H6/c1-6-13-8(11-4-2-7(16)17)15-9(14-6)12-5-3-10;2*1-2/h2-5,10H2,1H3,(H,16,17)(H2,11,12,13,14,15);2*1-2H3. The number of carboxylic acids is 1. The van der Waals surface area contributed by atoms with Gasteiger partial charge >= 0.3 is 5.97 Å². The van der Waals surface area contributed by atoms with Gasteiger partial charge in [0.05, 0.1) is 6.42 Å². The van der Waals surface area contributed by atoms with Crippen molar-refractivity contribution in [3.8, 4) is 0 Å². The molecule has 0 fully saturated rings. The molecule has 0 radical (unpaired) electrons. The highest BCUT2D eigenvalue weighted by Gasteiger charge is 2.03. The van der Waals surface area contributed by atoms with Crippen molar-refractivity contribution < 1.29 is 9.90 Å². The smallest absolute Gasteiger partial charge is 0.305 e. The summed E-state index contributed by atoms with van der Waals surface area (Å²) in [4.78, 5) is 22.5. The molecule has 1 rings (SSSR count). The molecule has 0 atom stereocenters. The first-order valence-corrected chi connectivity index (χ1v) is 7.24. The highest BCUT2D eigenvalue weighted by Crippen LogP contribution is 2.04. The van der Waals surface area contributed by atoms with Gasteiger partial charge in [-0.25, -0.2) is 0 Å². The first kappa shape index (κ1) is 21.3. The second-order valence-electron chi connectivity index (χ2n) is 3.32. The molecule has 8 nitrogen and oxygen atoms in total. The van der Waals surface area contributed by atoms with Gasteiger partial charge in [-0.1, -0.05) is 27.7 Å². The van der Waals surface area contributed by atoms with Gasteiger partial charge in [0, 0.05) is 19.6 Å². The topological polar surface area (TPSA) is 126 Å². The predicted octanol–water partition coefficient (Wildman–Crippen LogP) is 1.49. The predicted molar refractivity (Wildman–Crippen MR) is 85.5 cm³/mol. The maximum Gasteiger partial charge on any atom is 0.305 e. The van der Waals surface area contributed by atoms with Gasteiger partial charge < -0.3 is 21.5 Å². The van der Waals surface area contributed by atoms with Crippen molar-refractivity contribution in [1.29, 1.82) is 0 Å². The lowest BCUT2D eigenvalue weighted by atomic mass is 10.4. The van der Waals surface area contributed by atoms with Crippen LogP contribution in [0.1, 0.15) is 39.9 Å². The minimum Gasteiger partial charge on any atom is -0.481 e. The minimum atomic E-state index is -0.871. The van der Waals surface area contributed by atoms with Crippen LogP contribution in [-0.4, -0.2) is 45.7 Å². The van der Waals surface area contributed by atoms with Crippen molar-refractivity contribution in [3.05, 3.63) is 5.82 Å². The lowest BCUT2D eigenvalue weighted by Crippen LogP contribution is -2.17. The summed E-state index contributed by atoms with van der Waals surface area (Å²) >= 11 is 0. The van der Waals surface area contributed by atoms with Crippen LogP contribution in [0, 0.1) is 6.92 Å². The van der Waals surface area contributed by atoms with Gasteiger partial charge in [0.15, 0.2) is 0 Å². The zero-order chi connectivity index (χ0) is 16.7. The van der Waals surface area contributed by atoms with E-state index in [9.17, 15) is 4.79 Å². The Balaban J connectivity index is 0. The number of hydrogen-bond acceptors (Lipinski definition) is 7. The lowest BCUT2D eigenvalue weighted by Gasteiger charge is -2.07. The van der Waals surface area contributed by atoms with E-state index in [0.717, 1.165) is 0 Å². The molecular formula is C13H28N6O2. The minimum absolute atomic E-state index is 0.0102. The fraction of sp³-hybridized carbons (Fsp3) is 0.692. The van der Waals surface area contributed by atoms with Crippen LogP contribution in [0.15, 0.2) is 0 Å². The van der Waals surface area contributed by atoms with Crippen molar-refractivity contribution in [1.82, 2.24) is 15.0 Å². The number of nitrogens with one attached hydrogen (secondary N) is 2. The first-order valence-electron chi connectivity index (χ1n) is 7.24. The number of anilines is 2. The van der Waals surface area contributed by atoms with E-state index in [0.29, 0.717) is 30.8 Å². The van der Waals surface area contributed by atoms with Gasteiger partial charge in [-0.2, -0.15) is 15.0 Å². The molecule has 0 aliphatic rings. The monoisotopic (exact) mass is 300 g/mol. The number of nitrogens with two attached hydrogens (primary N) is 1. The highest BCUT2D eigenvalue weighted by molar-refractivity contribution is 5.67. The van der Waals surface area contributed by atoms with Crippen molar-refractivity contribution in [3.63, 3.8) is 0 Å². The molecule has 0 bridgehead atoms. The summed E-state index contributed by atoms with van der Waals surface area (Å²) in [5.41, 5.74) is 5.35. The number of nitrogens with zero attached hydrogens (tertiary/aromatic N) is 3. The fourth-order valence-corrected chi connectivity index (χ4v) is 1.11. The normalized spacial score (nSPS) is 8.67. The molecule has 8 heteroatoms. The van der Waals surface area contributed by atoms with Gasteiger partial charge in [0.25, 0.3) is 0 Å². The number of rotatable bonds is 7. The van der Waals surface area contributed by atoms with E-state index < -0.39 is 5.97 Å². The summed E-state index contributed by atoms with van der Waals surface area (Å²) in [6.07, 6.45) is 0.0102. The largest absolute Gasteiger partial charge is 0.481 e. The third-order valence-corrected chi connectivity index (χ3v) is 1.80. The second kappa shape index (κ2) is 14.4. The number of aromatic nitrogens is 3. The van der Waals surface area contributed by atoms with Crippen molar-refractivity contribution >= 4 is 17.9 Å². The molecule has 1 aromatic rings. The third kappa shape index (κ3) is 11.6. The zero-order valence-electron chi connectivity index (χ0n) is 13.6. The van der Waals surface area contributed by atoms with Crippen LogP contribution in [0.3, 0.4) is 0 Å². The maximum atomic E-state index is 10.3. The fourth-order valence-electron chi connectivity index (χ4n) is 1.11. The second-order valence-corrected chi connectivity index (χ2v) is 3.32. The average molecular weight is 300 g/mol. The number of carboxylic acid groups (broad SMARTS) is 1. The molecule has 0 amide bonds. The quantitative estimate of drug-likeness (QED) is 0.596. The van der Waals surface area contributed by atoms with Crippen LogP contribution in [0.2, 0.25) is 0 Å². The molecule has 122 valence electrons. The van der Waals surface area contributed by atoms with Crippen LogP contribution in [0.5, 0.6) is 0 Å². The van der Waals surface area contributed by atoms with Crippen molar-refractivity contribution in [2.75, 3.05) is 30.3 Å². The van der Waals surface area contributed by atoms with Gasteiger partial charge in [0.1, 0.15) is 5.82 Å². The Hall–Kier alpha value is -1.96. The summed E-state index contributed by atoms with van der Waals surface area (Å²) in [6, 6.07) is 0. The van der Waals surface area contributed by atoms with E-state index in [-0.39, 0.29) is 13.0 Å². The molecular weight excluding hydrogens is 272 g/mol. The maximum absolute atomic E-state index is 10.3. The molecule has 1 aromatic heterocycles. The molecule has 1 heterocycles. The number of aliphatic carboxylic acids is 1. The molecule has 0 saturated heterocycles. The van der Waals surface area contributed by atoms with Crippen LogP contribution in [0.4, 0.5) is 11.9 Å². The third-order valence-electron chi connectivity index (χ3n) is 1.80. The van der Waals surface area contributed by atoms with Gasteiger partial charge in [-0.05, 0) is 6.92 Å². The first-order chi connectivity index (χ1) is 10.1. The molecule has 5 N–H and O–H groups in total. The molecule has 0 saturated carbocycles. The Morgan fingerprint density at radius 3 is 1.95 bits per heavy atom. The Kier molecular flexibility index (Phi) is 14.7. The summed E-state index contributed by atoms with van der Waals surface area (Å²) in [5.74, 6) is 0.473. The van der Waals surface area contributed by atoms with Crippen molar-refractivity contribution in [2.24, 2.45) is 5.73 Å². The summed E-state index contributed by atoms with van der Waals surface area (Å²) in [7, 11) is 0. The summed E-state index contributed by atoms with van der Waals surface area (Å²) < 4.78 is 0. The van der Waals surface area contributed by atoms with Gasteiger partial charge in [-0.15, -0.1) is 0 Å². The molecule has 0 aliphatic carbocycles. The van der Waals surface area contributed by atoms with E-state index in [1.807, 2.05) is 27.7 Å². The average Bonchev–Trinajstić information content (AvgIpc) is 2.48. The Morgan fingerprint density at radius 1 is 1.05 bits per heavy atom. The lowest BCUT2D eigenvalue weighted by molar-refractivity contribution is -0.136. The van der Waals surface area contributed by atoms with Crippen LogP contribution >= 0.6 is 0 Å². The molecule has 0 aromatic carbocycles. The summed E-state index contributed by atoms with van der Waals surface area (Å²) in [5, 5.41) is 14.2. The number of hydrogen-bond donors (Lipinski definition) is 4.